The third kappa shape index (κ3) is 12.1. The van der Waals surface area contributed by atoms with Crippen LogP contribution in [0.4, 0.5) is 0 Å². The van der Waals surface area contributed by atoms with Crippen LogP contribution in [-0.4, -0.2) is 4.98 Å². The predicted octanol–water partition coefficient (Wildman–Crippen LogP) is 14.2. The first kappa shape index (κ1) is 43.5. The molecule has 0 bridgehead atoms. The fourth-order valence-corrected chi connectivity index (χ4v) is 6.08. The van der Waals surface area contributed by atoms with E-state index < -0.39 is 0 Å². The minimum Gasteiger partial charge on any atom is -0.656 e. The van der Waals surface area contributed by atoms with Crippen LogP contribution in [0, 0.1) is 27.7 Å². The molecule has 8 aromatic rings. The summed E-state index contributed by atoms with van der Waals surface area (Å²) in [7, 11) is 0. The zero-order valence-electron chi connectivity index (χ0n) is 34.1. The van der Waals surface area contributed by atoms with E-state index in [0.29, 0.717) is 0 Å². The van der Waals surface area contributed by atoms with Crippen LogP contribution >= 0.6 is 0 Å². The minimum atomic E-state index is 0. The molecule has 0 saturated heterocycles. The zero-order valence-corrected chi connectivity index (χ0v) is 37.7. The number of hydrogen-bond donors (Lipinski definition) is 0. The Morgan fingerprint density at radius 3 is 1.21 bits per heavy atom. The van der Waals surface area contributed by atoms with Crippen LogP contribution in [0.25, 0.3) is 44.2 Å². The van der Waals surface area contributed by atoms with Crippen molar-refractivity contribution in [3.63, 3.8) is 0 Å². The number of rotatable bonds is 2. The third-order valence-electron chi connectivity index (χ3n) is 9.26. The monoisotopic (exact) mass is 898 g/mol. The Balaban J connectivity index is 0.000000254. The van der Waals surface area contributed by atoms with Gasteiger partial charge >= 0.3 is 25.8 Å². The molecule has 0 radical (unpaired) electrons. The van der Waals surface area contributed by atoms with E-state index >= 15 is 0 Å². The Morgan fingerprint density at radius 1 is 0.446 bits per heavy atom. The molecule has 0 N–H and O–H groups in total. The van der Waals surface area contributed by atoms with E-state index in [2.05, 4.69) is 117 Å². The van der Waals surface area contributed by atoms with Gasteiger partial charge in [-0.05, 0) is 74.2 Å². The molecular weight excluding hydrogens is 843 g/mol. The maximum absolute atomic E-state index is 5.11. The van der Waals surface area contributed by atoms with E-state index in [4.69, 9.17) is 9.97 Å². The summed E-state index contributed by atoms with van der Waals surface area (Å²) in [6.45, 7) is 26.8. The first-order valence-electron chi connectivity index (χ1n) is 18.9. The smallest absolute Gasteiger partial charge is 0.656 e. The second kappa shape index (κ2) is 19.6. The largest absolute Gasteiger partial charge is 4.00 e. The Hall–Kier alpha value is -5.25. The van der Waals surface area contributed by atoms with Gasteiger partial charge in [0, 0.05) is 11.4 Å². The van der Waals surface area contributed by atoms with Crippen LogP contribution < -0.4 is 4.98 Å². The average Bonchev–Trinajstić information content (AvgIpc) is 3.64. The van der Waals surface area contributed by atoms with E-state index in [0.717, 1.165) is 39.5 Å². The quantitative estimate of drug-likeness (QED) is 0.0982. The molecule has 0 saturated carbocycles. The molecule has 6 aromatic carbocycles. The normalized spacial score (nSPS) is 10.8. The van der Waals surface area contributed by atoms with Gasteiger partial charge in [-0.25, -0.2) is 0 Å². The molecule has 0 fully saturated rings. The molecular formula is C53H54HfN2. The molecule has 0 spiro atoms. The van der Waals surface area contributed by atoms with Gasteiger partial charge in [0.2, 0.25) is 0 Å². The topological polar surface area (TPSA) is 27.0 Å². The van der Waals surface area contributed by atoms with Crippen LogP contribution in [0.1, 0.15) is 75.1 Å². The van der Waals surface area contributed by atoms with Gasteiger partial charge in [0.25, 0.3) is 0 Å². The molecule has 0 atom stereocenters. The van der Waals surface area contributed by atoms with E-state index in [1.807, 2.05) is 116 Å². The van der Waals surface area contributed by atoms with Crippen molar-refractivity contribution < 1.29 is 25.8 Å². The summed E-state index contributed by atoms with van der Waals surface area (Å²) in [5.41, 5.74) is 11.1. The summed E-state index contributed by atoms with van der Waals surface area (Å²) < 4.78 is 0. The van der Waals surface area contributed by atoms with Crippen LogP contribution in [0.3, 0.4) is 0 Å². The Kier molecular flexibility index (Phi) is 15.2. The van der Waals surface area contributed by atoms with Crippen molar-refractivity contribution in [3.05, 3.63) is 218 Å². The Bertz CT molecular complexity index is 2250. The maximum atomic E-state index is 5.11. The fourth-order valence-electron chi connectivity index (χ4n) is 6.08. The molecule has 2 aromatic heterocycles. The van der Waals surface area contributed by atoms with Gasteiger partial charge in [-0.15, -0.1) is 47.8 Å². The fraction of sp³-hybridized carbons (Fsp3) is 0.170. The second-order valence-corrected chi connectivity index (χ2v) is 16.0. The van der Waals surface area contributed by atoms with Crippen molar-refractivity contribution in [1.82, 2.24) is 9.97 Å². The van der Waals surface area contributed by atoms with E-state index in [1.54, 1.807) is 0 Å². The van der Waals surface area contributed by atoms with Gasteiger partial charge in [0.05, 0.1) is 0 Å². The molecule has 2 nitrogen and oxygen atoms in total. The standard InChI is InChI=1S/C32H33N2.3C7H7.Hf/c1-20-9-8-10-27(33-20)28-15-16-29(34-28)30-25-18-23(31(2,3)4)13-11-21(25)17-22-12-14-24(19-26(22)30)32(5,6)7;3*1-7-5-3-2-4-6-7;/h8-19H,1-7H3;3*2-6H,1H2;/q4*-1;+4. The van der Waals surface area contributed by atoms with Crippen LogP contribution in [0.15, 0.2) is 164 Å². The summed E-state index contributed by atoms with van der Waals surface area (Å²) in [5, 5.41) is 5.01. The van der Waals surface area contributed by atoms with Crippen molar-refractivity contribution in [3.8, 4) is 22.6 Å². The van der Waals surface area contributed by atoms with Crippen molar-refractivity contribution in [2.24, 2.45) is 0 Å². The molecule has 56 heavy (non-hydrogen) atoms. The molecule has 0 aliphatic rings. The summed E-state index contributed by atoms with van der Waals surface area (Å²) in [4.78, 5) is 9.82. The number of aromatic nitrogens is 2. The van der Waals surface area contributed by atoms with Gasteiger partial charge < -0.3 is 4.98 Å². The minimum absolute atomic E-state index is 0. The number of benzene rings is 6. The van der Waals surface area contributed by atoms with Gasteiger partial charge in [-0.1, -0.05) is 114 Å². The predicted molar refractivity (Wildman–Crippen MR) is 238 cm³/mol. The third-order valence-corrected chi connectivity index (χ3v) is 9.26. The molecule has 0 aliphatic carbocycles. The molecule has 0 amide bonds. The first-order chi connectivity index (χ1) is 26.2. The number of pyridine rings is 1. The van der Waals surface area contributed by atoms with E-state index in [1.165, 1.54) is 38.2 Å². The average molecular weight is 898 g/mol. The molecule has 280 valence electrons. The van der Waals surface area contributed by atoms with Crippen molar-refractivity contribution in [1.29, 1.82) is 0 Å². The zero-order chi connectivity index (χ0) is 39.6. The number of nitrogens with zero attached hydrogens (tertiary/aromatic N) is 2. The number of aryl methyl sites for hydroxylation is 1. The van der Waals surface area contributed by atoms with Crippen molar-refractivity contribution >= 4 is 21.5 Å². The summed E-state index contributed by atoms with van der Waals surface area (Å²) >= 11 is 0. The summed E-state index contributed by atoms with van der Waals surface area (Å²) in [6, 6.07) is 56.1. The number of fused-ring (bicyclic) bond motifs is 2. The first-order valence-corrected chi connectivity index (χ1v) is 18.9. The Morgan fingerprint density at radius 2 is 0.857 bits per heavy atom. The van der Waals surface area contributed by atoms with Crippen LogP contribution in [0.2, 0.25) is 0 Å². The molecule has 8 rings (SSSR count). The van der Waals surface area contributed by atoms with Crippen LogP contribution in [0.5, 0.6) is 0 Å². The second-order valence-electron chi connectivity index (χ2n) is 16.0. The molecule has 0 unspecified atom stereocenters. The van der Waals surface area contributed by atoms with E-state index in [9.17, 15) is 0 Å². The van der Waals surface area contributed by atoms with Gasteiger partial charge in [0.15, 0.2) is 0 Å². The summed E-state index contributed by atoms with van der Waals surface area (Å²) in [5.74, 6) is 0. The summed E-state index contributed by atoms with van der Waals surface area (Å²) in [6.07, 6.45) is 0. The SMILES string of the molecule is Cc1cccc(-c2ccc(-c3c4cc(C(C)(C)C)ccc4cc4ccc(C(C)(C)C)cc34)[n-]2)n1.[CH2-]c1ccccc1.[CH2-]c1ccccc1.[CH2-]c1ccccc1.[Hf+4]. The Labute approximate surface area is 355 Å². The van der Waals surface area contributed by atoms with E-state index in [-0.39, 0.29) is 36.7 Å². The van der Waals surface area contributed by atoms with Gasteiger partial charge in [0.1, 0.15) is 0 Å². The molecule has 3 heteroatoms. The van der Waals surface area contributed by atoms with Crippen molar-refractivity contribution in [2.45, 2.75) is 59.3 Å². The van der Waals surface area contributed by atoms with Gasteiger partial charge in [-0.2, -0.15) is 73.9 Å². The molecule has 2 heterocycles. The number of hydrogen-bond acceptors (Lipinski definition) is 1. The van der Waals surface area contributed by atoms with Crippen molar-refractivity contribution in [2.75, 3.05) is 0 Å². The van der Waals surface area contributed by atoms with Crippen LogP contribution in [-0.2, 0) is 36.7 Å². The molecule has 0 aliphatic heterocycles. The maximum Gasteiger partial charge on any atom is 4.00 e. The van der Waals surface area contributed by atoms with Gasteiger partial charge in [-0.3, -0.25) is 4.98 Å².